The highest BCUT2D eigenvalue weighted by Gasteiger charge is 2.48. The van der Waals surface area contributed by atoms with E-state index in [1.54, 1.807) is 38.1 Å². The molecule has 2 unspecified atom stereocenters. The van der Waals surface area contributed by atoms with Crippen molar-refractivity contribution in [3.8, 4) is 5.75 Å². The number of imide groups is 1. The van der Waals surface area contributed by atoms with Gasteiger partial charge in [0.25, 0.3) is 5.91 Å². The highest BCUT2D eigenvalue weighted by Crippen LogP contribution is 2.32. The molecule has 1 aliphatic rings. The Bertz CT molecular complexity index is 1050. The number of benzene rings is 2. The number of nitrogens with zero attached hydrogens (tertiary/aromatic N) is 2. The standard InChI is InChI=1S/C22H25FN2O5S/c1-4-15(3)25(31(28,29)19-12-6-16(23)7-13-19)20-14-21(26)24(22(20)27)17-8-10-18(11-9-17)30-5-2/h6-13,15,20H,4-5,14H2,1-3H3. The molecule has 1 heterocycles. The molecule has 1 fully saturated rings. The summed E-state index contributed by atoms with van der Waals surface area (Å²) in [4.78, 5) is 26.8. The van der Waals surface area contributed by atoms with Crippen LogP contribution in [0, 0.1) is 5.82 Å². The fraction of sp³-hybridized carbons (Fsp3) is 0.364. The van der Waals surface area contributed by atoms with Crippen LogP contribution in [-0.4, -0.2) is 43.2 Å². The number of hydrogen-bond acceptors (Lipinski definition) is 5. The molecule has 2 amide bonds. The van der Waals surface area contributed by atoms with Crippen molar-refractivity contribution in [1.82, 2.24) is 4.31 Å². The minimum atomic E-state index is -4.14. The molecule has 0 spiro atoms. The van der Waals surface area contributed by atoms with Crippen molar-refractivity contribution < 1.29 is 27.1 Å². The first kappa shape index (κ1) is 22.9. The Morgan fingerprint density at radius 1 is 1.10 bits per heavy atom. The molecule has 2 atom stereocenters. The lowest BCUT2D eigenvalue weighted by molar-refractivity contribution is -0.122. The number of hydrogen-bond donors (Lipinski definition) is 0. The molecule has 0 aliphatic carbocycles. The SMILES string of the molecule is CCOc1ccc(N2C(=O)CC(N(C(C)CC)S(=O)(=O)c3ccc(F)cc3)C2=O)cc1. The lowest BCUT2D eigenvalue weighted by Crippen LogP contribution is -2.49. The van der Waals surface area contributed by atoms with Crippen molar-refractivity contribution in [1.29, 1.82) is 0 Å². The van der Waals surface area contributed by atoms with E-state index in [-0.39, 0.29) is 11.3 Å². The largest absolute Gasteiger partial charge is 0.494 e. The average Bonchev–Trinajstić information content (AvgIpc) is 3.02. The summed E-state index contributed by atoms with van der Waals surface area (Å²) in [5, 5.41) is 0. The summed E-state index contributed by atoms with van der Waals surface area (Å²) in [6.45, 7) is 5.80. The molecule has 9 heteroatoms. The van der Waals surface area contributed by atoms with Gasteiger partial charge in [0.05, 0.1) is 23.6 Å². The topological polar surface area (TPSA) is 84.0 Å². The first-order valence-corrected chi connectivity index (χ1v) is 11.5. The highest BCUT2D eigenvalue weighted by molar-refractivity contribution is 7.89. The number of carbonyl (C=O) groups is 2. The fourth-order valence-electron chi connectivity index (χ4n) is 3.56. The van der Waals surface area contributed by atoms with Crippen molar-refractivity contribution in [2.24, 2.45) is 0 Å². The summed E-state index contributed by atoms with van der Waals surface area (Å²) in [6, 6.07) is 9.17. The molecule has 2 aromatic carbocycles. The van der Waals surface area contributed by atoms with Gasteiger partial charge in [0.2, 0.25) is 15.9 Å². The second-order valence-electron chi connectivity index (χ2n) is 7.26. The predicted octanol–water partition coefficient (Wildman–Crippen LogP) is 3.35. The summed E-state index contributed by atoms with van der Waals surface area (Å²) in [7, 11) is -4.14. The molecular weight excluding hydrogens is 423 g/mol. The van der Waals surface area contributed by atoms with Crippen LogP contribution in [0.5, 0.6) is 5.75 Å². The van der Waals surface area contributed by atoms with E-state index in [1.807, 2.05) is 6.92 Å². The van der Waals surface area contributed by atoms with Crippen LogP contribution in [0.4, 0.5) is 10.1 Å². The van der Waals surface area contributed by atoms with Crippen molar-refractivity contribution in [3.63, 3.8) is 0 Å². The van der Waals surface area contributed by atoms with Crippen molar-refractivity contribution in [3.05, 3.63) is 54.3 Å². The smallest absolute Gasteiger partial charge is 0.252 e. The summed E-state index contributed by atoms with van der Waals surface area (Å²) < 4.78 is 46.5. The van der Waals surface area contributed by atoms with Gasteiger partial charge in [-0.05, 0) is 68.8 Å². The van der Waals surface area contributed by atoms with E-state index in [4.69, 9.17) is 4.74 Å². The van der Waals surface area contributed by atoms with Gasteiger partial charge < -0.3 is 4.74 Å². The maximum Gasteiger partial charge on any atom is 0.252 e. The van der Waals surface area contributed by atoms with Crippen LogP contribution in [-0.2, 0) is 19.6 Å². The number of halogens is 1. The maximum atomic E-state index is 13.3. The summed E-state index contributed by atoms with van der Waals surface area (Å²) in [5.41, 5.74) is 0.351. The van der Waals surface area contributed by atoms with Crippen LogP contribution in [0.3, 0.4) is 0 Å². The van der Waals surface area contributed by atoms with Gasteiger partial charge >= 0.3 is 0 Å². The third-order valence-electron chi connectivity index (χ3n) is 5.25. The molecule has 7 nitrogen and oxygen atoms in total. The summed E-state index contributed by atoms with van der Waals surface area (Å²) in [5.74, 6) is -1.06. The van der Waals surface area contributed by atoms with Gasteiger partial charge in [0.1, 0.15) is 17.6 Å². The summed E-state index contributed by atoms with van der Waals surface area (Å²) in [6.07, 6.45) is 0.165. The Hall–Kier alpha value is -2.78. The molecule has 0 saturated carbocycles. The molecule has 0 radical (unpaired) electrons. The van der Waals surface area contributed by atoms with Crippen molar-refractivity contribution in [2.45, 2.75) is 50.6 Å². The van der Waals surface area contributed by atoms with Gasteiger partial charge in [-0.2, -0.15) is 4.31 Å². The van der Waals surface area contributed by atoms with E-state index >= 15 is 0 Å². The van der Waals surface area contributed by atoms with Gasteiger partial charge in [-0.25, -0.2) is 17.7 Å². The normalized spacial score (nSPS) is 18.0. The average molecular weight is 449 g/mol. The lowest BCUT2D eigenvalue weighted by Gasteiger charge is -2.31. The predicted molar refractivity (Wildman–Crippen MR) is 114 cm³/mol. The zero-order valence-corrected chi connectivity index (χ0v) is 18.4. The first-order chi connectivity index (χ1) is 14.7. The Morgan fingerprint density at radius 2 is 1.71 bits per heavy atom. The molecular formula is C22H25FN2O5S. The number of anilines is 1. The monoisotopic (exact) mass is 448 g/mol. The van der Waals surface area contributed by atoms with Crippen molar-refractivity contribution in [2.75, 3.05) is 11.5 Å². The second kappa shape index (κ2) is 9.15. The van der Waals surface area contributed by atoms with Gasteiger partial charge in [-0.3, -0.25) is 9.59 Å². The number of amides is 2. The van der Waals surface area contributed by atoms with E-state index in [0.717, 1.165) is 33.5 Å². The first-order valence-electron chi connectivity index (χ1n) is 10.1. The van der Waals surface area contributed by atoms with Crippen LogP contribution in [0.1, 0.15) is 33.6 Å². The molecule has 0 bridgehead atoms. The van der Waals surface area contributed by atoms with Crippen LogP contribution in [0.25, 0.3) is 0 Å². The van der Waals surface area contributed by atoms with Crippen LogP contribution >= 0.6 is 0 Å². The van der Waals surface area contributed by atoms with Gasteiger partial charge in [0.15, 0.2) is 0 Å². The molecule has 1 aliphatic heterocycles. The third kappa shape index (κ3) is 4.47. The molecule has 166 valence electrons. The summed E-state index contributed by atoms with van der Waals surface area (Å²) >= 11 is 0. The van der Waals surface area contributed by atoms with E-state index in [1.165, 1.54) is 0 Å². The van der Waals surface area contributed by atoms with E-state index in [2.05, 4.69) is 0 Å². The number of sulfonamides is 1. The van der Waals surface area contributed by atoms with Crippen LogP contribution < -0.4 is 9.64 Å². The Labute approximate surface area is 181 Å². The number of ether oxygens (including phenoxy) is 1. The molecule has 1 saturated heterocycles. The molecule has 3 rings (SSSR count). The van der Waals surface area contributed by atoms with Crippen LogP contribution in [0.15, 0.2) is 53.4 Å². The fourth-order valence-corrected chi connectivity index (χ4v) is 5.41. The third-order valence-corrected chi connectivity index (χ3v) is 7.29. The van der Waals surface area contributed by atoms with Gasteiger partial charge in [-0.1, -0.05) is 6.92 Å². The zero-order valence-electron chi connectivity index (χ0n) is 17.6. The molecule has 2 aromatic rings. The van der Waals surface area contributed by atoms with E-state index < -0.39 is 39.7 Å². The molecule has 0 aromatic heterocycles. The highest BCUT2D eigenvalue weighted by atomic mass is 32.2. The van der Waals surface area contributed by atoms with Gasteiger partial charge in [-0.15, -0.1) is 0 Å². The quantitative estimate of drug-likeness (QED) is 0.579. The van der Waals surface area contributed by atoms with E-state index in [0.29, 0.717) is 24.5 Å². The maximum absolute atomic E-state index is 13.3. The Morgan fingerprint density at radius 3 is 2.26 bits per heavy atom. The van der Waals surface area contributed by atoms with Crippen LogP contribution in [0.2, 0.25) is 0 Å². The Kier molecular flexibility index (Phi) is 6.76. The zero-order chi connectivity index (χ0) is 22.8. The second-order valence-corrected chi connectivity index (χ2v) is 9.10. The Balaban J connectivity index is 1.96. The number of rotatable bonds is 8. The number of carbonyl (C=O) groups excluding carboxylic acids is 2. The van der Waals surface area contributed by atoms with E-state index in [9.17, 15) is 22.4 Å². The lowest BCUT2D eigenvalue weighted by atomic mass is 10.2. The molecule has 0 N–H and O–H groups in total. The minimum Gasteiger partial charge on any atom is -0.494 e. The minimum absolute atomic E-state index is 0.131. The van der Waals surface area contributed by atoms with Gasteiger partial charge in [0, 0.05) is 6.04 Å². The molecule has 31 heavy (non-hydrogen) atoms. The van der Waals surface area contributed by atoms with Crippen molar-refractivity contribution >= 4 is 27.5 Å².